The van der Waals surface area contributed by atoms with Gasteiger partial charge in [-0.05, 0) is 57.8 Å². The first-order valence-corrected chi connectivity index (χ1v) is 25.7. The number of unbranched alkanes of at least 4 members (excludes halogenated alkanes) is 14. The largest absolute Gasteiger partial charge is 0.472 e. The summed E-state index contributed by atoms with van der Waals surface area (Å²) in [7, 11) is -5.20. The minimum atomic E-state index is -5.20. The van der Waals surface area contributed by atoms with Crippen LogP contribution in [0.4, 0.5) is 0 Å². The highest BCUT2D eigenvalue weighted by Crippen LogP contribution is 2.47. The summed E-state index contributed by atoms with van der Waals surface area (Å²) in [6, 6.07) is 0. The average molecular weight is 951 g/mol. The van der Waals surface area contributed by atoms with E-state index in [9.17, 15) is 59.9 Å². The predicted octanol–water partition coefficient (Wildman–Crippen LogP) is 5.50. The molecular formula is C47H83O17P. The van der Waals surface area contributed by atoms with Crippen molar-refractivity contribution in [2.24, 2.45) is 5.92 Å². The fourth-order valence-corrected chi connectivity index (χ4v) is 8.71. The predicted molar refractivity (Wildman–Crippen MR) is 243 cm³/mol. The Morgan fingerprint density at radius 1 is 0.677 bits per heavy atom. The molecule has 0 bridgehead atoms. The van der Waals surface area contributed by atoms with Crippen LogP contribution >= 0.6 is 7.82 Å². The summed E-state index contributed by atoms with van der Waals surface area (Å²) < 4.78 is 39.2. The number of phosphoric ester groups is 1. The van der Waals surface area contributed by atoms with Gasteiger partial charge in [0.05, 0.1) is 24.9 Å². The minimum Gasteiger partial charge on any atom is -0.462 e. The van der Waals surface area contributed by atoms with Gasteiger partial charge >= 0.3 is 19.8 Å². The van der Waals surface area contributed by atoms with Crippen LogP contribution < -0.4 is 0 Å². The molecule has 2 rings (SSSR count). The van der Waals surface area contributed by atoms with Crippen molar-refractivity contribution >= 4 is 19.8 Å². The number of ether oxygens (including phenoxy) is 3. The average Bonchev–Trinajstić information content (AvgIpc) is 3.27. The molecule has 1 saturated heterocycles. The van der Waals surface area contributed by atoms with Crippen molar-refractivity contribution in [2.75, 3.05) is 13.2 Å². The Balaban J connectivity index is 1.87. The molecule has 0 amide bonds. The second-order valence-corrected chi connectivity index (χ2v) is 18.9. The van der Waals surface area contributed by atoms with E-state index < -0.39 is 100 Å². The van der Waals surface area contributed by atoms with Gasteiger partial charge in [-0.15, -0.1) is 0 Å². The lowest BCUT2D eigenvalue weighted by atomic mass is 9.85. The van der Waals surface area contributed by atoms with Gasteiger partial charge in [-0.2, -0.15) is 0 Å². The van der Waals surface area contributed by atoms with E-state index in [-0.39, 0.29) is 25.2 Å². The summed E-state index contributed by atoms with van der Waals surface area (Å²) in [6.07, 6.45) is 13.6. The van der Waals surface area contributed by atoms with E-state index in [4.69, 9.17) is 23.3 Å². The van der Waals surface area contributed by atoms with Crippen molar-refractivity contribution in [3.8, 4) is 0 Å². The smallest absolute Gasteiger partial charge is 0.462 e. The summed E-state index contributed by atoms with van der Waals surface area (Å²) in [6.45, 7) is 2.95. The van der Waals surface area contributed by atoms with Crippen molar-refractivity contribution in [1.29, 1.82) is 0 Å². The number of aliphatic hydroxyl groups excluding tert-OH is 8. The molecule has 0 spiro atoms. The molecule has 1 aliphatic heterocycles. The normalized spacial score (nSPS) is 28.2. The minimum absolute atomic E-state index is 0.0460. The monoisotopic (exact) mass is 951 g/mol. The number of carbonyl (C=O) groups is 2. The lowest BCUT2D eigenvalue weighted by Gasteiger charge is -2.41. The van der Waals surface area contributed by atoms with Crippen LogP contribution in [0.5, 0.6) is 0 Å². The van der Waals surface area contributed by atoms with Gasteiger partial charge in [0.15, 0.2) is 12.4 Å². The van der Waals surface area contributed by atoms with Gasteiger partial charge in [0.1, 0.15) is 43.2 Å². The first-order valence-electron chi connectivity index (χ1n) is 24.2. The zero-order valence-corrected chi connectivity index (χ0v) is 39.7. The molecule has 1 aliphatic carbocycles. The summed E-state index contributed by atoms with van der Waals surface area (Å²) in [5, 5.41) is 81.3. The zero-order valence-electron chi connectivity index (χ0n) is 38.8. The molecule has 17 nitrogen and oxygen atoms in total. The third-order valence-electron chi connectivity index (χ3n) is 11.7. The summed E-state index contributed by atoms with van der Waals surface area (Å²) in [5.74, 6) is -1.69. The molecule has 18 heteroatoms. The number of esters is 2. The molecule has 0 aromatic rings. The van der Waals surface area contributed by atoms with Crippen LogP contribution in [0.1, 0.15) is 162 Å². The van der Waals surface area contributed by atoms with E-state index in [0.29, 0.717) is 32.1 Å². The van der Waals surface area contributed by atoms with Crippen LogP contribution in [0.2, 0.25) is 0 Å². The van der Waals surface area contributed by atoms with Gasteiger partial charge in [-0.1, -0.05) is 121 Å². The lowest BCUT2D eigenvalue weighted by Crippen LogP contribution is -2.64. The van der Waals surface area contributed by atoms with Crippen molar-refractivity contribution in [2.45, 2.75) is 229 Å². The molecule has 11 atom stereocenters. The summed E-state index contributed by atoms with van der Waals surface area (Å²) in [5.41, 5.74) is 0. The fraction of sp³-hybridized carbons (Fsp3) is 0.830. The number of hydrogen-bond acceptors (Lipinski definition) is 16. The van der Waals surface area contributed by atoms with Crippen molar-refractivity contribution < 1.29 is 83.2 Å². The number of aliphatic hydroxyl groups is 8. The molecule has 378 valence electrons. The van der Waals surface area contributed by atoms with E-state index in [2.05, 4.69) is 26.0 Å². The quantitative estimate of drug-likeness (QED) is 0.0164. The SMILES string of the molecule is CCCCCCCC/C=C\CCCCCCCC(=O)OCC(COP(=O)(O)OC1C(O)C(O)C(O)C(O)C1O)OC(=O)CCC/C=C\CC1C(O)CC(O)OC1/C=C/C(O)CCCCC. The van der Waals surface area contributed by atoms with E-state index in [1.54, 1.807) is 12.2 Å². The number of allylic oxidation sites excluding steroid dienone is 4. The van der Waals surface area contributed by atoms with Gasteiger partial charge in [-0.25, -0.2) is 4.57 Å². The van der Waals surface area contributed by atoms with Crippen molar-refractivity contribution in [3.63, 3.8) is 0 Å². The number of carbonyl (C=O) groups excluding carboxylic acids is 2. The molecule has 0 aromatic carbocycles. The third kappa shape index (κ3) is 25.2. The van der Waals surface area contributed by atoms with Crippen LogP contribution in [0.3, 0.4) is 0 Å². The Labute approximate surface area is 386 Å². The van der Waals surface area contributed by atoms with Gasteiger partial charge in [0.2, 0.25) is 0 Å². The summed E-state index contributed by atoms with van der Waals surface area (Å²) in [4.78, 5) is 35.9. The Hall–Kier alpha value is -2.09. The maximum absolute atomic E-state index is 12.9. The maximum Gasteiger partial charge on any atom is 0.472 e. The number of hydrogen-bond donors (Lipinski definition) is 9. The second-order valence-electron chi connectivity index (χ2n) is 17.5. The Bertz CT molecular complexity index is 1400. The van der Waals surface area contributed by atoms with E-state index >= 15 is 0 Å². The van der Waals surface area contributed by atoms with Crippen LogP contribution in [0.15, 0.2) is 36.5 Å². The zero-order chi connectivity index (χ0) is 48.0. The first kappa shape index (κ1) is 59.0. The van der Waals surface area contributed by atoms with Crippen LogP contribution in [0, 0.1) is 5.92 Å². The number of phosphoric acid groups is 1. The van der Waals surface area contributed by atoms with Crippen LogP contribution in [-0.4, -0.2) is 138 Å². The lowest BCUT2D eigenvalue weighted by molar-refractivity contribution is -0.220. The Morgan fingerprint density at radius 3 is 1.86 bits per heavy atom. The van der Waals surface area contributed by atoms with Crippen molar-refractivity contribution in [3.05, 3.63) is 36.5 Å². The van der Waals surface area contributed by atoms with Crippen molar-refractivity contribution in [1.82, 2.24) is 0 Å². The van der Waals surface area contributed by atoms with Gasteiger partial charge in [0.25, 0.3) is 0 Å². The first-order chi connectivity index (χ1) is 31.1. The summed E-state index contributed by atoms with van der Waals surface area (Å²) >= 11 is 0. The second kappa shape index (κ2) is 34.2. The highest BCUT2D eigenvalue weighted by Gasteiger charge is 2.51. The maximum atomic E-state index is 12.9. The highest BCUT2D eigenvalue weighted by molar-refractivity contribution is 7.47. The fourth-order valence-electron chi connectivity index (χ4n) is 7.73. The topological polar surface area (TPSA) is 279 Å². The molecule has 0 aromatic heterocycles. The van der Waals surface area contributed by atoms with E-state index in [1.165, 1.54) is 38.5 Å². The molecule has 1 heterocycles. The molecule has 65 heavy (non-hydrogen) atoms. The highest BCUT2D eigenvalue weighted by atomic mass is 31.2. The molecule has 0 radical (unpaired) electrons. The Kier molecular flexibility index (Phi) is 31.1. The molecule has 1 saturated carbocycles. The van der Waals surface area contributed by atoms with E-state index in [1.807, 2.05) is 12.2 Å². The van der Waals surface area contributed by atoms with Gasteiger partial charge in [0, 0.05) is 25.2 Å². The molecule has 2 fully saturated rings. The van der Waals surface area contributed by atoms with Gasteiger partial charge < -0.3 is 60.0 Å². The third-order valence-corrected chi connectivity index (χ3v) is 12.7. The van der Waals surface area contributed by atoms with Gasteiger partial charge in [-0.3, -0.25) is 18.6 Å². The van der Waals surface area contributed by atoms with Crippen LogP contribution in [0.25, 0.3) is 0 Å². The number of rotatable bonds is 35. The molecular weight excluding hydrogens is 867 g/mol. The van der Waals surface area contributed by atoms with Crippen LogP contribution in [-0.2, 0) is 37.4 Å². The molecule has 9 N–H and O–H groups in total. The van der Waals surface area contributed by atoms with E-state index in [0.717, 1.165) is 57.8 Å². The molecule has 2 aliphatic rings. The Morgan fingerprint density at radius 2 is 1.22 bits per heavy atom. The standard InChI is InChI=1S/C47H83O17P/c1-3-5-7-8-9-10-11-12-13-14-15-16-17-18-23-27-39(50)60-32-35(33-61-65(58,59)64-47-45(56)43(54)42(53)44(55)46(47)57)62-40(51)28-24-20-19-22-26-36-37(49)31-41(52)63-38(36)30-29-34(48)25-21-6-4-2/h12-13,19,22,29-30,34-38,41-49,52-57H,3-11,14-18,20-21,23-28,31-33H2,1-2H3,(H,58,59)/b13-12-,22-19-,30-29+. The molecule has 11 unspecified atom stereocenters.